The highest BCUT2D eigenvalue weighted by molar-refractivity contribution is 6.14. The van der Waals surface area contributed by atoms with E-state index in [1.165, 1.54) is 11.1 Å². The second-order valence-electron chi connectivity index (χ2n) is 15.4. The van der Waals surface area contributed by atoms with Gasteiger partial charge in [0.2, 0.25) is 11.8 Å². The number of hydrogen-bond donors (Lipinski definition) is 4. The lowest BCUT2D eigenvalue weighted by atomic mass is 9.89. The molecule has 5 heterocycles. The molecule has 0 unspecified atom stereocenters. The fourth-order valence-corrected chi connectivity index (χ4v) is 7.25. The third kappa shape index (κ3) is 8.11. The van der Waals surface area contributed by atoms with Gasteiger partial charge in [-0.25, -0.2) is 9.79 Å². The Morgan fingerprint density at radius 1 is 1.11 bits per heavy atom. The van der Waals surface area contributed by atoms with Crippen molar-refractivity contribution in [3.63, 3.8) is 0 Å². The maximum absolute atomic E-state index is 12.7. The molecule has 2 saturated heterocycles. The van der Waals surface area contributed by atoms with Crippen molar-refractivity contribution in [1.82, 2.24) is 40.4 Å². The van der Waals surface area contributed by atoms with Gasteiger partial charge in [0.1, 0.15) is 6.34 Å². The van der Waals surface area contributed by atoms with Gasteiger partial charge in [0.05, 0.1) is 16.9 Å². The molecule has 55 heavy (non-hydrogen) atoms. The molecule has 0 spiro atoms. The number of benzene rings is 2. The Labute approximate surface area is 319 Å². The van der Waals surface area contributed by atoms with Crippen LogP contribution < -0.4 is 15.5 Å². The van der Waals surface area contributed by atoms with Gasteiger partial charge in [0.25, 0.3) is 11.7 Å². The molecule has 4 N–H and O–H groups in total. The molecule has 2 aliphatic heterocycles. The second kappa shape index (κ2) is 15.4. The number of aliphatic imine (C=N–C) groups is 1. The zero-order chi connectivity index (χ0) is 38.9. The van der Waals surface area contributed by atoms with Gasteiger partial charge in [-0.15, -0.1) is 0 Å². The number of urea groups is 1. The molecule has 0 saturated carbocycles. The molecule has 3 aromatic heterocycles. The Morgan fingerprint density at radius 3 is 2.62 bits per heavy atom. The quantitative estimate of drug-likeness (QED) is 0.106. The van der Waals surface area contributed by atoms with Crippen molar-refractivity contribution in [2.75, 3.05) is 31.1 Å². The lowest BCUT2D eigenvalue weighted by Gasteiger charge is -2.32. The lowest BCUT2D eigenvalue weighted by Crippen LogP contribution is -2.49. The number of H-pyrrole nitrogens is 1. The third-order valence-electron chi connectivity index (χ3n) is 10.5. The number of aromatic nitrogens is 5. The number of carbonyl (C=O) groups excluding carboxylic acids is 3. The van der Waals surface area contributed by atoms with Gasteiger partial charge < -0.3 is 19.7 Å². The predicted octanol–water partition coefficient (Wildman–Crippen LogP) is 5.13. The van der Waals surface area contributed by atoms with E-state index in [1.807, 2.05) is 63.8 Å². The number of aromatic amines is 1. The summed E-state index contributed by atoms with van der Waals surface area (Å²) in [6.45, 7) is 11.4. The number of nitrogens with zero attached hydrogens (tertiary/aromatic N) is 7. The summed E-state index contributed by atoms with van der Waals surface area (Å²) >= 11 is 0. The van der Waals surface area contributed by atoms with E-state index in [0.29, 0.717) is 36.4 Å². The van der Waals surface area contributed by atoms with Crippen LogP contribution in [0.2, 0.25) is 0 Å². The summed E-state index contributed by atoms with van der Waals surface area (Å²) in [5, 5.41) is 22.4. The molecule has 0 radical (unpaired) electrons. The molecule has 5 aromatic rings. The van der Waals surface area contributed by atoms with E-state index in [1.54, 1.807) is 4.90 Å². The molecule has 286 valence electrons. The number of nitrogens with one attached hydrogen (secondary N) is 4. The predicted molar refractivity (Wildman–Crippen MR) is 209 cm³/mol. The first kappa shape index (κ1) is 37.4. The number of carbonyl (C=O) groups is 3. The third-order valence-corrected chi connectivity index (χ3v) is 10.5. The Bertz CT molecular complexity index is 2280. The van der Waals surface area contributed by atoms with Crippen LogP contribution in [0.25, 0.3) is 10.9 Å². The molecule has 15 nitrogen and oxygen atoms in total. The Morgan fingerprint density at radius 2 is 1.91 bits per heavy atom. The molecule has 2 aliphatic rings. The van der Waals surface area contributed by atoms with Crippen LogP contribution in [0.1, 0.15) is 96.0 Å². The van der Waals surface area contributed by atoms with Crippen molar-refractivity contribution < 1.29 is 18.9 Å². The van der Waals surface area contributed by atoms with Crippen LogP contribution in [0.15, 0.2) is 58.2 Å². The summed E-state index contributed by atoms with van der Waals surface area (Å²) in [6.07, 6.45) is 6.32. The number of fused-ring (bicyclic) bond motifs is 1. The maximum Gasteiger partial charge on any atom is 0.329 e. The van der Waals surface area contributed by atoms with E-state index in [4.69, 9.17) is 9.93 Å². The van der Waals surface area contributed by atoms with E-state index in [0.717, 1.165) is 78.5 Å². The van der Waals surface area contributed by atoms with Crippen molar-refractivity contribution >= 4 is 46.6 Å². The van der Waals surface area contributed by atoms with Gasteiger partial charge in [-0.3, -0.25) is 29.9 Å². The largest absolute Gasteiger partial charge is 0.360 e. The van der Waals surface area contributed by atoms with E-state index in [-0.39, 0.29) is 23.6 Å². The standard InChI is InChI=1S/C40H47N11O4/c1-24-18-28(6-7-29(24)22-43-37(53)35-46-38(55-48-35)40(2,3)4)34(44-23-41)31-19-25(21-42-31)10-14-50-15-11-26(12-16-50)27-8-9-30-32(20-27)49(5)47-36(30)51-17-13-33(52)45-39(51)54/h6-9,18-21,23,26,41-42H,10-17,22H2,1-5H3,(H,43,53)(H,45,52,54). The van der Waals surface area contributed by atoms with Crippen LogP contribution in [0.4, 0.5) is 10.6 Å². The first-order valence-electron chi connectivity index (χ1n) is 18.6. The summed E-state index contributed by atoms with van der Waals surface area (Å²) in [5.74, 6) is 0.771. The molecular formula is C40H47N11O4. The number of piperidine rings is 1. The van der Waals surface area contributed by atoms with Gasteiger partial charge in [-0.1, -0.05) is 44.1 Å². The van der Waals surface area contributed by atoms with Crippen molar-refractivity contribution in [2.24, 2.45) is 12.0 Å². The second-order valence-corrected chi connectivity index (χ2v) is 15.4. The van der Waals surface area contributed by atoms with Crippen LogP contribution in [-0.4, -0.2) is 85.9 Å². The number of likely N-dealkylation sites (tertiary alicyclic amines) is 1. The normalized spacial score (nSPS) is 16.2. The topological polar surface area (TPSA) is 190 Å². The Balaban J connectivity index is 0.927. The van der Waals surface area contributed by atoms with Gasteiger partial charge in [0.15, 0.2) is 5.82 Å². The molecule has 2 fully saturated rings. The minimum absolute atomic E-state index is 0.00830. The number of anilines is 1. The number of rotatable bonds is 11. The number of hydrogen-bond acceptors (Lipinski definition) is 9. The van der Waals surface area contributed by atoms with E-state index in [2.05, 4.69) is 65.0 Å². The highest BCUT2D eigenvalue weighted by atomic mass is 16.5. The van der Waals surface area contributed by atoms with Crippen LogP contribution in [0, 0.1) is 12.3 Å². The zero-order valence-corrected chi connectivity index (χ0v) is 31.9. The average molecular weight is 746 g/mol. The van der Waals surface area contributed by atoms with Crippen LogP contribution in [0.5, 0.6) is 0 Å². The molecule has 0 atom stereocenters. The smallest absolute Gasteiger partial charge is 0.329 e. The minimum Gasteiger partial charge on any atom is -0.360 e. The molecule has 4 amide bonds. The lowest BCUT2D eigenvalue weighted by molar-refractivity contribution is -0.120. The van der Waals surface area contributed by atoms with E-state index >= 15 is 0 Å². The summed E-state index contributed by atoms with van der Waals surface area (Å²) in [4.78, 5) is 52.9. The Kier molecular flexibility index (Phi) is 10.5. The summed E-state index contributed by atoms with van der Waals surface area (Å²) in [5.41, 5.74) is 7.38. The minimum atomic E-state index is -0.428. The highest BCUT2D eigenvalue weighted by Gasteiger charge is 2.29. The number of amides is 4. The maximum atomic E-state index is 12.7. The average Bonchev–Trinajstić information content (AvgIpc) is 3.92. The number of aryl methyl sites for hydroxylation is 2. The molecule has 0 bridgehead atoms. The van der Waals surface area contributed by atoms with E-state index < -0.39 is 11.9 Å². The monoisotopic (exact) mass is 745 g/mol. The van der Waals surface area contributed by atoms with Crippen LogP contribution in [0.3, 0.4) is 0 Å². The van der Waals surface area contributed by atoms with Crippen molar-refractivity contribution in [3.8, 4) is 0 Å². The van der Waals surface area contributed by atoms with Gasteiger partial charge in [0, 0.05) is 55.7 Å². The van der Waals surface area contributed by atoms with Gasteiger partial charge >= 0.3 is 6.03 Å². The van der Waals surface area contributed by atoms with Gasteiger partial charge in [-0.05, 0) is 91.7 Å². The SMILES string of the molecule is Cc1cc(C(=NC=N)c2cc(CCN3CCC(c4ccc5c(N6CCC(=O)NC6=O)nn(C)c5c4)CC3)c[nH]2)ccc1CNC(=O)c1noc(C(C)(C)C)n1. The summed E-state index contributed by atoms with van der Waals surface area (Å²) < 4.78 is 7.07. The molecule has 0 aliphatic carbocycles. The Hall–Kier alpha value is -5.96. The first-order chi connectivity index (χ1) is 26.4. The number of imide groups is 1. The van der Waals surface area contributed by atoms with E-state index in [9.17, 15) is 14.4 Å². The summed E-state index contributed by atoms with van der Waals surface area (Å²) in [6, 6.07) is 14.0. The van der Waals surface area contributed by atoms with Crippen molar-refractivity contribution in [1.29, 1.82) is 5.41 Å². The first-order valence-corrected chi connectivity index (χ1v) is 18.6. The molecule has 15 heteroatoms. The zero-order valence-electron chi connectivity index (χ0n) is 31.9. The van der Waals surface area contributed by atoms with Crippen LogP contribution in [-0.2, 0) is 30.2 Å². The van der Waals surface area contributed by atoms with Crippen molar-refractivity contribution in [2.45, 2.75) is 71.3 Å². The fraction of sp³-hybridized carbons (Fsp3) is 0.400. The highest BCUT2D eigenvalue weighted by Crippen LogP contribution is 2.34. The fourth-order valence-electron chi connectivity index (χ4n) is 7.25. The molecular weight excluding hydrogens is 699 g/mol. The molecule has 7 rings (SSSR count). The summed E-state index contributed by atoms with van der Waals surface area (Å²) in [7, 11) is 1.89. The van der Waals surface area contributed by atoms with Crippen LogP contribution >= 0.6 is 0 Å². The van der Waals surface area contributed by atoms with Crippen molar-refractivity contribution in [3.05, 3.63) is 93.9 Å². The van der Waals surface area contributed by atoms with Gasteiger partial charge in [-0.2, -0.15) is 10.1 Å². The molecule has 2 aromatic carbocycles.